The van der Waals surface area contributed by atoms with Crippen LogP contribution in [0.15, 0.2) is 15.2 Å². The molecule has 4 heteroatoms. The molecule has 90 valence electrons. The third-order valence-corrected chi connectivity index (χ3v) is 4.72. The van der Waals surface area contributed by atoms with E-state index in [0.29, 0.717) is 0 Å². The van der Waals surface area contributed by atoms with Crippen molar-refractivity contribution in [1.29, 1.82) is 0 Å². The fourth-order valence-corrected chi connectivity index (χ4v) is 3.42. The third-order valence-electron chi connectivity index (χ3n) is 3.17. The van der Waals surface area contributed by atoms with Gasteiger partial charge < -0.3 is 10.4 Å². The Bertz CT molecular complexity index is 329. The Balaban J connectivity index is 1.83. The maximum Gasteiger partial charge on any atom is 0.0701 e. The van der Waals surface area contributed by atoms with Crippen LogP contribution in [0.1, 0.15) is 37.7 Å². The summed E-state index contributed by atoms with van der Waals surface area (Å²) in [6, 6.07) is 2.42. The number of hydrogen-bond donors (Lipinski definition) is 2. The van der Waals surface area contributed by atoms with Gasteiger partial charge in [-0.1, -0.05) is 19.3 Å². The van der Waals surface area contributed by atoms with Crippen LogP contribution in [0.5, 0.6) is 0 Å². The van der Waals surface area contributed by atoms with Crippen LogP contribution in [0.2, 0.25) is 0 Å². The Morgan fingerprint density at radius 3 is 2.94 bits per heavy atom. The lowest BCUT2D eigenvalue weighted by molar-refractivity contribution is 0.119. The van der Waals surface area contributed by atoms with E-state index in [1.165, 1.54) is 28.6 Å². The number of nitrogens with one attached hydrogen (secondary N) is 1. The van der Waals surface area contributed by atoms with Crippen molar-refractivity contribution in [1.82, 2.24) is 5.32 Å². The van der Waals surface area contributed by atoms with E-state index in [9.17, 15) is 5.11 Å². The molecule has 1 aromatic rings. The molecule has 0 saturated heterocycles. The molecule has 2 N–H and O–H groups in total. The van der Waals surface area contributed by atoms with E-state index in [1.54, 1.807) is 11.3 Å². The van der Waals surface area contributed by atoms with Crippen LogP contribution in [0.25, 0.3) is 0 Å². The molecular formula is C12H18BrNOS. The van der Waals surface area contributed by atoms with Crippen molar-refractivity contribution in [3.63, 3.8) is 0 Å². The predicted octanol–water partition coefficient (Wildman–Crippen LogP) is 3.29. The molecule has 2 rings (SSSR count). The molecule has 1 fully saturated rings. The molecule has 0 amide bonds. The molecule has 0 spiro atoms. The van der Waals surface area contributed by atoms with Gasteiger partial charge in [0, 0.05) is 12.6 Å². The van der Waals surface area contributed by atoms with Gasteiger partial charge in [0.15, 0.2) is 0 Å². The van der Waals surface area contributed by atoms with E-state index in [2.05, 4.69) is 32.7 Å². The van der Waals surface area contributed by atoms with Crippen LogP contribution in [-0.4, -0.2) is 17.3 Å². The average Bonchev–Trinajstić information content (AvgIpc) is 2.56. The van der Waals surface area contributed by atoms with Crippen molar-refractivity contribution < 1.29 is 5.11 Å². The summed E-state index contributed by atoms with van der Waals surface area (Å²) in [5.74, 6) is 0. The second-order valence-electron chi connectivity index (χ2n) is 4.45. The number of rotatable bonds is 3. The first-order valence-corrected chi connectivity index (χ1v) is 7.57. The lowest BCUT2D eigenvalue weighted by Crippen LogP contribution is -2.38. The molecule has 2 atom stereocenters. The SMILES string of the molecule is OC1CCCCCC1NCc1csc(Br)c1. The van der Waals surface area contributed by atoms with Crippen LogP contribution in [0.3, 0.4) is 0 Å². The molecule has 1 aliphatic rings. The molecule has 1 saturated carbocycles. The Hall–Kier alpha value is 0.100. The molecule has 0 aromatic carbocycles. The molecule has 2 nitrogen and oxygen atoms in total. The van der Waals surface area contributed by atoms with Gasteiger partial charge in [-0.2, -0.15) is 0 Å². The smallest absolute Gasteiger partial charge is 0.0701 e. The molecule has 1 heterocycles. The van der Waals surface area contributed by atoms with E-state index in [-0.39, 0.29) is 12.1 Å². The summed E-state index contributed by atoms with van der Waals surface area (Å²) in [6.07, 6.45) is 5.56. The highest BCUT2D eigenvalue weighted by Gasteiger charge is 2.20. The average molecular weight is 304 g/mol. The summed E-state index contributed by atoms with van der Waals surface area (Å²) < 4.78 is 1.17. The fourth-order valence-electron chi connectivity index (χ4n) is 2.21. The summed E-state index contributed by atoms with van der Waals surface area (Å²) >= 11 is 5.17. The first-order chi connectivity index (χ1) is 7.75. The highest BCUT2D eigenvalue weighted by molar-refractivity contribution is 9.11. The summed E-state index contributed by atoms with van der Waals surface area (Å²) in [5, 5.41) is 15.6. The molecular weight excluding hydrogens is 286 g/mol. The third kappa shape index (κ3) is 3.55. The van der Waals surface area contributed by atoms with Crippen LogP contribution in [-0.2, 0) is 6.54 Å². The van der Waals surface area contributed by atoms with Gasteiger partial charge in [0.05, 0.1) is 9.89 Å². The van der Waals surface area contributed by atoms with E-state index in [4.69, 9.17) is 0 Å². The van der Waals surface area contributed by atoms with Crippen molar-refractivity contribution in [3.05, 3.63) is 20.8 Å². The Kier molecular flexibility index (Phi) is 4.82. The van der Waals surface area contributed by atoms with Gasteiger partial charge in [0.1, 0.15) is 0 Å². The van der Waals surface area contributed by atoms with Crippen molar-refractivity contribution in [2.24, 2.45) is 0 Å². The largest absolute Gasteiger partial charge is 0.392 e. The second-order valence-corrected chi connectivity index (χ2v) is 6.74. The molecule has 16 heavy (non-hydrogen) atoms. The lowest BCUT2D eigenvalue weighted by Gasteiger charge is -2.21. The first kappa shape index (κ1) is 12.6. The van der Waals surface area contributed by atoms with Crippen molar-refractivity contribution in [3.8, 4) is 0 Å². The molecule has 0 bridgehead atoms. The van der Waals surface area contributed by atoms with E-state index in [0.717, 1.165) is 19.4 Å². The maximum absolute atomic E-state index is 9.96. The molecule has 2 unspecified atom stereocenters. The molecule has 1 aliphatic carbocycles. The van der Waals surface area contributed by atoms with E-state index < -0.39 is 0 Å². The predicted molar refractivity (Wildman–Crippen MR) is 71.7 cm³/mol. The minimum absolute atomic E-state index is 0.162. The zero-order valence-corrected chi connectivity index (χ0v) is 11.7. The van der Waals surface area contributed by atoms with Gasteiger partial charge >= 0.3 is 0 Å². The van der Waals surface area contributed by atoms with E-state index in [1.807, 2.05) is 0 Å². The van der Waals surface area contributed by atoms with Gasteiger partial charge in [-0.25, -0.2) is 0 Å². The molecule has 1 aromatic heterocycles. The van der Waals surface area contributed by atoms with Gasteiger partial charge in [-0.05, 0) is 45.8 Å². The Labute approximate surface area is 109 Å². The van der Waals surface area contributed by atoms with Gasteiger partial charge in [-0.3, -0.25) is 0 Å². The van der Waals surface area contributed by atoms with Gasteiger partial charge in [-0.15, -0.1) is 11.3 Å². The first-order valence-electron chi connectivity index (χ1n) is 5.90. The summed E-state index contributed by atoms with van der Waals surface area (Å²) in [4.78, 5) is 0. The van der Waals surface area contributed by atoms with Gasteiger partial charge in [0.2, 0.25) is 0 Å². The standard InChI is InChI=1S/C12H18BrNOS/c13-12-6-9(8-16-12)7-14-10-4-2-1-3-5-11(10)15/h6,8,10-11,14-15H,1-5,7H2. The lowest BCUT2D eigenvalue weighted by atomic mass is 10.1. The normalized spacial score (nSPS) is 26.6. The summed E-state index contributed by atoms with van der Waals surface area (Å²) in [6.45, 7) is 0.865. The number of thiophene rings is 1. The highest BCUT2D eigenvalue weighted by atomic mass is 79.9. The Morgan fingerprint density at radius 1 is 1.38 bits per heavy atom. The minimum Gasteiger partial charge on any atom is -0.392 e. The van der Waals surface area contributed by atoms with Crippen molar-refractivity contribution in [2.75, 3.05) is 0 Å². The quantitative estimate of drug-likeness (QED) is 0.840. The van der Waals surface area contributed by atoms with Crippen LogP contribution in [0, 0.1) is 0 Å². The number of aliphatic hydroxyl groups excluding tert-OH is 1. The van der Waals surface area contributed by atoms with E-state index >= 15 is 0 Å². The Morgan fingerprint density at radius 2 is 2.19 bits per heavy atom. The minimum atomic E-state index is -0.162. The monoisotopic (exact) mass is 303 g/mol. The summed E-state index contributed by atoms with van der Waals surface area (Å²) in [7, 11) is 0. The second kappa shape index (κ2) is 6.15. The highest BCUT2D eigenvalue weighted by Crippen LogP contribution is 2.22. The van der Waals surface area contributed by atoms with Crippen LogP contribution < -0.4 is 5.32 Å². The zero-order chi connectivity index (χ0) is 11.4. The van der Waals surface area contributed by atoms with Crippen LogP contribution >= 0.6 is 27.3 Å². The van der Waals surface area contributed by atoms with Crippen LogP contribution in [0.4, 0.5) is 0 Å². The number of aliphatic hydroxyl groups is 1. The number of hydrogen-bond acceptors (Lipinski definition) is 3. The number of halogens is 1. The maximum atomic E-state index is 9.96. The fraction of sp³-hybridized carbons (Fsp3) is 0.667. The van der Waals surface area contributed by atoms with Crippen molar-refractivity contribution >= 4 is 27.3 Å². The zero-order valence-electron chi connectivity index (χ0n) is 9.29. The van der Waals surface area contributed by atoms with Gasteiger partial charge in [0.25, 0.3) is 0 Å². The molecule has 0 aliphatic heterocycles. The van der Waals surface area contributed by atoms with Crippen molar-refractivity contribution in [2.45, 2.75) is 50.8 Å². The molecule has 0 radical (unpaired) electrons. The topological polar surface area (TPSA) is 32.3 Å². The summed E-state index contributed by atoms with van der Waals surface area (Å²) in [5.41, 5.74) is 1.30.